The molecule has 0 spiro atoms. The van der Waals surface area contributed by atoms with Crippen LogP contribution in [0.4, 0.5) is 0 Å². The molecule has 2 N–H and O–H groups in total. The Hall–Kier alpha value is -1.28. The lowest BCUT2D eigenvalue weighted by atomic mass is 10.1. The van der Waals surface area contributed by atoms with Crippen molar-refractivity contribution in [2.75, 3.05) is 13.1 Å². The molecule has 0 atom stereocenters. The Bertz CT molecular complexity index is 577. The van der Waals surface area contributed by atoms with Crippen LogP contribution in [0.3, 0.4) is 0 Å². The van der Waals surface area contributed by atoms with Crippen LogP contribution >= 0.6 is 24.4 Å². The van der Waals surface area contributed by atoms with Crippen LogP contribution in [0.2, 0.25) is 0 Å². The summed E-state index contributed by atoms with van der Waals surface area (Å²) in [6, 6.07) is 0. The molecular weight excluding hydrogens is 380 g/mol. The van der Waals surface area contributed by atoms with Crippen molar-refractivity contribution in [1.29, 1.82) is 0 Å². The van der Waals surface area contributed by atoms with Gasteiger partial charge in [0, 0.05) is 23.9 Å². The molecule has 6 nitrogen and oxygen atoms in total. The smallest absolute Gasteiger partial charge is 0.246 e. The number of nitrogens with one attached hydrogen (secondary N) is 2. The molecule has 0 heterocycles. The van der Waals surface area contributed by atoms with Crippen LogP contribution < -0.4 is 10.9 Å². The van der Waals surface area contributed by atoms with Gasteiger partial charge in [-0.1, -0.05) is 45.2 Å². The van der Waals surface area contributed by atoms with Crippen LogP contribution in [0.25, 0.3) is 0 Å². The van der Waals surface area contributed by atoms with Gasteiger partial charge in [0.15, 0.2) is 0 Å². The third kappa shape index (κ3) is 4.96. The molecule has 0 aromatic carbocycles. The zero-order valence-electron chi connectivity index (χ0n) is 17.1. The maximum absolute atomic E-state index is 12.6. The quantitative estimate of drug-likeness (QED) is 0.495. The van der Waals surface area contributed by atoms with E-state index in [0.29, 0.717) is 29.5 Å². The first-order chi connectivity index (χ1) is 12.6. The minimum Gasteiger partial charge on any atom is -0.289 e. The lowest BCUT2D eigenvalue weighted by Gasteiger charge is -2.31. The number of hydrogen-bond acceptors (Lipinski definition) is 4. The summed E-state index contributed by atoms with van der Waals surface area (Å²) in [5.41, 5.74) is 5.67. The summed E-state index contributed by atoms with van der Waals surface area (Å²) in [6.45, 7) is 10.9. The van der Waals surface area contributed by atoms with Crippen molar-refractivity contribution in [3.8, 4) is 0 Å². The monoisotopic (exact) mass is 412 g/mol. The minimum absolute atomic E-state index is 0.0769. The Kier molecular flexibility index (Phi) is 6.84. The molecule has 0 saturated heterocycles. The average Bonchev–Trinajstić information content (AvgIpc) is 3.56. The van der Waals surface area contributed by atoms with E-state index in [9.17, 15) is 9.59 Å². The molecule has 2 aliphatic carbocycles. The van der Waals surface area contributed by atoms with Crippen molar-refractivity contribution in [3.63, 3.8) is 0 Å². The van der Waals surface area contributed by atoms with Gasteiger partial charge in [-0.25, -0.2) is 0 Å². The number of thiocarbonyl (C=S) groups is 2. The van der Waals surface area contributed by atoms with Crippen molar-refractivity contribution in [2.24, 2.45) is 16.7 Å². The van der Waals surface area contributed by atoms with Gasteiger partial charge in [0.25, 0.3) is 0 Å². The first-order valence-corrected chi connectivity index (χ1v) is 10.7. The lowest BCUT2D eigenvalue weighted by Crippen LogP contribution is -2.54. The Morgan fingerprint density at radius 3 is 1.41 bits per heavy atom. The standard InChI is InChI=1S/C19H32N4O2S2/c1-6-13(14(26)20-22(7-2)16(24)18(4)9-10-18)15(27)21-23(8-3)17(25)19(5)11-12-19/h13H,6-12H2,1-5H3,(H,20,26)(H,21,27). The molecule has 152 valence electrons. The highest BCUT2D eigenvalue weighted by Gasteiger charge is 2.48. The zero-order chi connectivity index (χ0) is 20.4. The fraction of sp³-hybridized carbons (Fsp3) is 0.789. The van der Waals surface area contributed by atoms with Crippen LogP contribution in [0.15, 0.2) is 0 Å². The van der Waals surface area contributed by atoms with Crippen molar-refractivity contribution in [1.82, 2.24) is 20.9 Å². The van der Waals surface area contributed by atoms with Gasteiger partial charge >= 0.3 is 0 Å². The Balaban J connectivity index is 1.98. The molecule has 2 saturated carbocycles. The molecule has 0 radical (unpaired) electrons. The second kappa shape index (κ2) is 8.39. The summed E-state index contributed by atoms with van der Waals surface area (Å²) in [5, 5.41) is 3.18. The topological polar surface area (TPSA) is 64.7 Å². The molecule has 2 amide bonds. The van der Waals surface area contributed by atoms with E-state index in [4.69, 9.17) is 24.4 Å². The largest absolute Gasteiger partial charge is 0.289 e. The van der Waals surface area contributed by atoms with Crippen molar-refractivity contribution in [2.45, 2.75) is 66.7 Å². The van der Waals surface area contributed by atoms with Gasteiger partial charge in [-0.05, 0) is 46.0 Å². The molecule has 0 bridgehead atoms. The SMILES string of the molecule is CCC(C(=S)NN(CC)C(=O)C1(C)CC1)C(=S)NN(CC)C(=O)C1(C)CC1. The predicted molar refractivity (Wildman–Crippen MR) is 115 cm³/mol. The highest BCUT2D eigenvalue weighted by atomic mass is 32.1. The number of carbonyl (C=O) groups excluding carboxylic acids is 2. The third-order valence-electron chi connectivity index (χ3n) is 5.69. The second-order valence-electron chi connectivity index (χ2n) is 8.13. The number of rotatable bonds is 7. The summed E-state index contributed by atoms with van der Waals surface area (Å²) in [6.07, 6.45) is 4.35. The highest BCUT2D eigenvalue weighted by Crippen LogP contribution is 2.46. The average molecular weight is 413 g/mol. The molecule has 2 aliphatic rings. The summed E-state index contributed by atoms with van der Waals surface area (Å²) < 4.78 is 0. The van der Waals surface area contributed by atoms with Gasteiger partial charge in [0.2, 0.25) is 11.8 Å². The number of hydrazine groups is 2. The summed E-state index contributed by atoms with van der Waals surface area (Å²) in [5.74, 6) is -0.0843. The van der Waals surface area contributed by atoms with E-state index in [-0.39, 0.29) is 28.6 Å². The van der Waals surface area contributed by atoms with Crippen molar-refractivity contribution >= 4 is 46.2 Å². The number of amides is 2. The zero-order valence-corrected chi connectivity index (χ0v) is 18.7. The Labute approximate surface area is 173 Å². The van der Waals surface area contributed by atoms with E-state index in [2.05, 4.69) is 10.9 Å². The van der Waals surface area contributed by atoms with Gasteiger partial charge in [-0.2, -0.15) is 0 Å². The van der Waals surface area contributed by atoms with Crippen molar-refractivity contribution in [3.05, 3.63) is 0 Å². The number of nitrogens with zero attached hydrogens (tertiary/aromatic N) is 2. The molecule has 8 heteroatoms. The van der Waals surface area contributed by atoms with Gasteiger partial charge in [0.05, 0.1) is 5.92 Å². The maximum Gasteiger partial charge on any atom is 0.246 e. The first kappa shape index (κ1) is 22.0. The fourth-order valence-corrected chi connectivity index (χ4v) is 3.78. The Morgan fingerprint density at radius 2 is 1.19 bits per heavy atom. The molecule has 2 rings (SSSR count). The molecule has 0 aromatic heterocycles. The second-order valence-corrected chi connectivity index (χ2v) is 9.01. The molecule has 0 aromatic rings. The molecule has 27 heavy (non-hydrogen) atoms. The van der Waals surface area contributed by atoms with Crippen LogP contribution in [0.5, 0.6) is 0 Å². The van der Waals surface area contributed by atoms with Crippen LogP contribution in [0, 0.1) is 16.7 Å². The van der Waals surface area contributed by atoms with Crippen LogP contribution in [-0.4, -0.2) is 44.9 Å². The van der Waals surface area contributed by atoms with Crippen molar-refractivity contribution < 1.29 is 9.59 Å². The summed E-state index contributed by atoms with van der Waals surface area (Å²) in [4.78, 5) is 26.2. The summed E-state index contributed by atoms with van der Waals surface area (Å²) >= 11 is 11.1. The van der Waals surface area contributed by atoms with E-state index in [0.717, 1.165) is 25.7 Å². The van der Waals surface area contributed by atoms with Gasteiger partial charge in [-0.3, -0.25) is 30.5 Å². The van der Waals surface area contributed by atoms with E-state index in [1.165, 1.54) is 0 Å². The maximum atomic E-state index is 12.6. The number of hydrogen-bond donors (Lipinski definition) is 2. The molecule has 0 unspecified atom stereocenters. The normalized spacial score (nSPS) is 18.4. The van der Waals surface area contributed by atoms with E-state index in [1.807, 2.05) is 34.6 Å². The number of carbonyl (C=O) groups is 2. The molecule has 2 fully saturated rings. The molecular formula is C19H32N4O2S2. The van der Waals surface area contributed by atoms with Gasteiger partial charge in [0.1, 0.15) is 9.98 Å². The minimum atomic E-state index is -0.260. The highest BCUT2D eigenvalue weighted by molar-refractivity contribution is 7.82. The summed E-state index contributed by atoms with van der Waals surface area (Å²) in [7, 11) is 0. The predicted octanol–water partition coefficient (Wildman–Crippen LogP) is 2.97. The van der Waals surface area contributed by atoms with Crippen LogP contribution in [-0.2, 0) is 9.59 Å². The van der Waals surface area contributed by atoms with Crippen LogP contribution in [0.1, 0.15) is 66.7 Å². The van der Waals surface area contributed by atoms with Gasteiger partial charge < -0.3 is 0 Å². The lowest BCUT2D eigenvalue weighted by molar-refractivity contribution is -0.138. The first-order valence-electron chi connectivity index (χ1n) is 9.86. The van der Waals surface area contributed by atoms with E-state index < -0.39 is 0 Å². The van der Waals surface area contributed by atoms with E-state index in [1.54, 1.807) is 10.0 Å². The van der Waals surface area contributed by atoms with E-state index >= 15 is 0 Å². The Morgan fingerprint density at radius 1 is 0.852 bits per heavy atom. The van der Waals surface area contributed by atoms with Gasteiger partial charge in [-0.15, -0.1) is 0 Å². The fourth-order valence-electron chi connectivity index (χ4n) is 2.91. The third-order valence-corrected chi connectivity index (χ3v) is 6.44. The molecule has 0 aliphatic heterocycles.